The SMILES string of the molecule is CCOC(=O)C1CSC1. The van der Waals surface area contributed by atoms with Gasteiger partial charge in [0.15, 0.2) is 0 Å². The molecule has 1 heterocycles. The monoisotopic (exact) mass is 146 g/mol. The molecule has 0 spiro atoms. The van der Waals surface area contributed by atoms with Gasteiger partial charge in [0.25, 0.3) is 0 Å². The van der Waals surface area contributed by atoms with Crippen molar-refractivity contribution in [1.29, 1.82) is 0 Å². The minimum atomic E-state index is -0.0174. The van der Waals surface area contributed by atoms with Crippen LogP contribution in [-0.4, -0.2) is 24.1 Å². The quantitative estimate of drug-likeness (QED) is 0.542. The normalized spacial score (nSPS) is 18.8. The number of hydrogen-bond donors (Lipinski definition) is 0. The third-order valence-corrected chi connectivity index (χ3v) is 2.53. The van der Waals surface area contributed by atoms with E-state index in [4.69, 9.17) is 4.74 Å². The fourth-order valence-electron chi connectivity index (χ4n) is 0.632. The van der Waals surface area contributed by atoms with E-state index < -0.39 is 0 Å². The third-order valence-electron chi connectivity index (χ3n) is 1.26. The zero-order valence-corrected chi connectivity index (χ0v) is 6.24. The predicted molar refractivity (Wildman–Crippen MR) is 37.4 cm³/mol. The van der Waals surface area contributed by atoms with Gasteiger partial charge in [-0.3, -0.25) is 4.79 Å². The number of ether oxygens (including phenoxy) is 1. The van der Waals surface area contributed by atoms with Crippen molar-refractivity contribution >= 4 is 17.7 Å². The van der Waals surface area contributed by atoms with Crippen LogP contribution in [0, 0.1) is 5.92 Å². The number of carbonyl (C=O) groups excluding carboxylic acids is 1. The van der Waals surface area contributed by atoms with Gasteiger partial charge in [0.1, 0.15) is 0 Å². The summed E-state index contributed by atoms with van der Waals surface area (Å²) < 4.78 is 4.79. The molecule has 9 heavy (non-hydrogen) atoms. The Labute approximate surface area is 59.0 Å². The Kier molecular flexibility index (Phi) is 2.39. The van der Waals surface area contributed by atoms with Crippen molar-refractivity contribution in [3.8, 4) is 0 Å². The van der Waals surface area contributed by atoms with Gasteiger partial charge in [-0.2, -0.15) is 11.8 Å². The van der Waals surface area contributed by atoms with Crippen LogP contribution in [0.25, 0.3) is 0 Å². The molecule has 0 unspecified atom stereocenters. The van der Waals surface area contributed by atoms with Crippen molar-refractivity contribution < 1.29 is 9.53 Å². The van der Waals surface area contributed by atoms with E-state index in [9.17, 15) is 4.79 Å². The lowest BCUT2D eigenvalue weighted by Crippen LogP contribution is -2.29. The number of thioether (sulfide) groups is 1. The number of esters is 1. The fraction of sp³-hybridized carbons (Fsp3) is 0.833. The molecule has 0 amide bonds. The van der Waals surface area contributed by atoms with Crippen molar-refractivity contribution in [2.45, 2.75) is 6.92 Å². The third kappa shape index (κ3) is 1.61. The molecular weight excluding hydrogens is 136 g/mol. The summed E-state index contributed by atoms with van der Waals surface area (Å²) in [5, 5.41) is 0. The van der Waals surface area contributed by atoms with Crippen LogP contribution in [-0.2, 0) is 9.53 Å². The molecule has 0 aromatic rings. The first-order chi connectivity index (χ1) is 4.34. The highest BCUT2D eigenvalue weighted by molar-refractivity contribution is 8.00. The Morgan fingerprint density at radius 1 is 1.78 bits per heavy atom. The van der Waals surface area contributed by atoms with E-state index in [1.165, 1.54) is 0 Å². The van der Waals surface area contributed by atoms with Gasteiger partial charge >= 0.3 is 5.97 Å². The second-order valence-electron chi connectivity index (χ2n) is 1.99. The second-order valence-corrected chi connectivity index (χ2v) is 3.06. The van der Waals surface area contributed by atoms with E-state index in [0.717, 1.165) is 11.5 Å². The van der Waals surface area contributed by atoms with Crippen molar-refractivity contribution in [2.75, 3.05) is 18.1 Å². The molecule has 1 aliphatic rings. The number of carbonyl (C=O) groups is 1. The average molecular weight is 146 g/mol. The first-order valence-corrected chi connectivity index (χ1v) is 4.24. The lowest BCUT2D eigenvalue weighted by Gasteiger charge is -2.21. The van der Waals surface area contributed by atoms with Gasteiger partial charge < -0.3 is 4.74 Å². The van der Waals surface area contributed by atoms with Crippen LogP contribution >= 0.6 is 11.8 Å². The van der Waals surface area contributed by atoms with Crippen LogP contribution in [0.5, 0.6) is 0 Å². The van der Waals surface area contributed by atoms with E-state index in [1.807, 2.05) is 6.92 Å². The lowest BCUT2D eigenvalue weighted by atomic mass is 10.2. The van der Waals surface area contributed by atoms with E-state index in [2.05, 4.69) is 0 Å². The molecule has 0 aromatic heterocycles. The van der Waals surface area contributed by atoms with Crippen LogP contribution in [0.3, 0.4) is 0 Å². The van der Waals surface area contributed by atoms with E-state index in [-0.39, 0.29) is 11.9 Å². The molecule has 3 heteroatoms. The molecular formula is C6H10O2S. The predicted octanol–water partition coefficient (Wildman–Crippen LogP) is 0.912. The average Bonchev–Trinajstić information content (AvgIpc) is 1.60. The highest BCUT2D eigenvalue weighted by Gasteiger charge is 2.26. The minimum absolute atomic E-state index is 0.0174. The first-order valence-electron chi connectivity index (χ1n) is 3.09. The molecule has 0 radical (unpaired) electrons. The zero-order chi connectivity index (χ0) is 6.69. The molecule has 0 aromatic carbocycles. The lowest BCUT2D eigenvalue weighted by molar-refractivity contribution is -0.146. The van der Waals surface area contributed by atoms with Crippen LogP contribution in [0.15, 0.2) is 0 Å². The van der Waals surface area contributed by atoms with Crippen molar-refractivity contribution in [1.82, 2.24) is 0 Å². The minimum Gasteiger partial charge on any atom is -0.466 e. The van der Waals surface area contributed by atoms with Crippen molar-refractivity contribution in [2.24, 2.45) is 5.92 Å². The van der Waals surface area contributed by atoms with Crippen LogP contribution < -0.4 is 0 Å². The maximum atomic E-state index is 10.8. The molecule has 1 saturated heterocycles. The summed E-state index contributed by atoms with van der Waals surface area (Å²) in [6.07, 6.45) is 0. The van der Waals surface area contributed by atoms with Crippen LogP contribution in [0.2, 0.25) is 0 Å². The zero-order valence-electron chi connectivity index (χ0n) is 5.42. The maximum Gasteiger partial charge on any atom is 0.310 e. The largest absolute Gasteiger partial charge is 0.466 e. The summed E-state index contributed by atoms with van der Waals surface area (Å²) in [6, 6.07) is 0. The summed E-state index contributed by atoms with van der Waals surface area (Å²) in [5.41, 5.74) is 0. The molecule has 0 atom stereocenters. The van der Waals surface area contributed by atoms with Crippen molar-refractivity contribution in [3.63, 3.8) is 0 Å². The Morgan fingerprint density at radius 3 is 2.78 bits per heavy atom. The Bertz CT molecular complexity index is 110. The first kappa shape index (κ1) is 6.93. The smallest absolute Gasteiger partial charge is 0.310 e. The van der Waals surface area contributed by atoms with Gasteiger partial charge in [-0.25, -0.2) is 0 Å². The van der Waals surface area contributed by atoms with Crippen molar-refractivity contribution in [3.05, 3.63) is 0 Å². The van der Waals surface area contributed by atoms with Gasteiger partial charge in [-0.05, 0) is 6.92 Å². The Balaban J connectivity index is 2.16. The molecule has 1 aliphatic heterocycles. The molecule has 1 fully saturated rings. The van der Waals surface area contributed by atoms with Gasteiger partial charge in [-0.15, -0.1) is 0 Å². The summed E-state index contributed by atoms with van der Waals surface area (Å²) in [4.78, 5) is 10.8. The molecule has 0 aliphatic carbocycles. The second kappa shape index (κ2) is 3.11. The van der Waals surface area contributed by atoms with Crippen LogP contribution in [0.1, 0.15) is 6.92 Å². The van der Waals surface area contributed by atoms with E-state index >= 15 is 0 Å². The molecule has 0 N–H and O–H groups in total. The molecule has 1 rings (SSSR count). The van der Waals surface area contributed by atoms with Crippen LogP contribution in [0.4, 0.5) is 0 Å². The van der Waals surface area contributed by atoms with E-state index in [1.54, 1.807) is 11.8 Å². The summed E-state index contributed by atoms with van der Waals surface area (Å²) in [7, 11) is 0. The van der Waals surface area contributed by atoms with Gasteiger partial charge in [0, 0.05) is 11.5 Å². The summed E-state index contributed by atoms with van der Waals surface area (Å²) in [5.74, 6) is 2.10. The number of rotatable bonds is 2. The summed E-state index contributed by atoms with van der Waals surface area (Å²) >= 11 is 1.80. The fourth-order valence-corrected chi connectivity index (χ4v) is 1.38. The Morgan fingerprint density at radius 2 is 2.44 bits per heavy atom. The van der Waals surface area contributed by atoms with Gasteiger partial charge in [0.05, 0.1) is 12.5 Å². The Hall–Kier alpha value is -0.180. The maximum absolute atomic E-state index is 10.8. The number of hydrogen-bond acceptors (Lipinski definition) is 3. The summed E-state index contributed by atoms with van der Waals surface area (Å²) in [6.45, 7) is 2.35. The molecule has 52 valence electrons. The van der Waals surface area contributed by atoms with E-state index in [0.29, 0.717) is 6.61 Å². The highest BCUT2D eigenvalue weighted by atomic mass is 32.2. The molecule has 0 bridgehead atoms. The van der Waals surface area contributed by atoms with Gasteiger partial charge in [0.2, 0.25) is 0 Å². The standard InChI is InChI=1S/C6H10O2S/c1-2-8-6(7)5-3-9-4-5/h5H,2-4H2,1H3. The van der Waals surface area contributed by atoms with Gasteiger partial charge in [-0.1, -0.05) is 0 Å². The molecule has 0 saturated carbocycles. The molecule has 2 nitrogen and oxygen atoms in total. The topological polar surface area (TPSA) is 26.3 Å². The highest BCUT2D eigenvalue weighted by Crippen LogP contribution is 2.25.